The number of carbonyl (C=O) groups is 1. The standard InChI is InChI=1S/C28H35N3O4/c1-19(2)14-22-6-10-25(11-7-22)31-17-24(16-29-31)18-34-26-12-8-23(9-13-26)15-27(28(32)33)21(5)30-35-20(3)4/h6-13,16-17,19-20,27H,14-15,18H2,1-5H3,(H,32,33)/b30-21+. The van der Waals surface area contributed by atoms with Crippen molar-refractivity contribution >= 4 is 11.7 Å². The van der Waals surface area contributed by atoms with Gasteiger partial charge in [-0.25, -0.2) is 4.68 Å². The first-order valence-corrected chi connectivity index (χ1v) is 12.0. The third-order valence-corrected chi connectivity index (χ3v) is 5.46. The molecule has 1 aromatic heterocycles. The number of carboxylic acids is 1. The van der Waals surface area contributed by atoms with Crippen LogP contribution in [0.5, 0.6) is 5.75 Å². The maximum absolute atomic E-state index is 11.7. The largest absolute Gasteiger partial charge is 0.489 e. The minimum absolute atomic E-state index is 0.0989. The lowest BCUT2D eigenvalue weighted by Gasteiger charge is -2.13. The van der Waals surface area contributed by atoms with Crippen molar-refractivity contribution < 1.29 is 19.5 Å². The Kier molecular flexibility index (Phi) is 9.06. The zero-order chi connectivity index (χ0) is 25.4. The van der Waals surface area contributed by atoms with Gasteiger partial charge in [0.25, 0.3) is 0 Å². The fourth-order valence-electron chi connectivity index (χ4n) is 3.62. The van der Waals surface area contributed by atoms with Crippen molar-refractivity contribution in [3.63, 3.8) is 0 Å². The van der Waals surface area contributed by atoms with E-state index in [4.69, 9.17) is 9.57 Å². The topological polar surface area (TPSA) is 85.9 Å². The van der Waals surface area contributed by atoms with Gasteiger partial charge in [-0.05, 0) is 74.9 Å². The van der Waals surface area contributed by atoms with Crippen LogP contribution in [0.15, 0.2) is 66.1 Å². The highest BCUT2D eigenvalue weighted by Gasteiger charge is 2.22. The van der Waals surface area contributed by atoms with E-state index in [9.17, 15) is 9.90 Å². The number of rotatable bonds is 12. The molecule has 0 aliphatic heterocycles. The second-order valence-electron chi connectivity index (χ2n) is 9.47. The molecule has 1 heterocycles. The summed E-state index contributed by atoms with van der Waals surface area (Å²) >= 11 is 0. The van der Waals surface area contributed by atoms with Crippen LogP contribution in [-0.2, 0) is 29.1 Å². The Labute approximate surface area is 207 Å². The summed E-state index contributed by atoms with van der Waals surface area (Å²) in [5.74, 6) is -0.333. The Morgan fingerprint density at radius 1 is 0.971 bits per heavy atom. The molecule has 35 heavy (non-hydrogen) atoms. The number of nitrogens with zero attached hydrogens (tertiary/aromatic N) is 3. The van der Waals surface area contributed by atoms with E-state index in [1.165, 1.54) is 5.56 Å². The van der Waals surface area contributed by atoms with Gasteiger partial charge in [0, 0.05) is 11.8 Å². The van der Waals surface area contributed by atoms with Gasteiger partial charge in [0.2, 0.25) is 0 Å². The molecular weight excluding hydrogens is 442 g/mol. The Morgan fingerprint density at radius 3 is 2.20 bits per heavy atom. The molecule has 3 aromatic rings. The van der Waals surface area contributed by atoms with Gasteiger partial charge in [0.15, 0.2) is 0 Å². The van der Waals surface area contributed by atoms with Crippen LogP contribution >= 0.6 is 0 Å². The molecule has 0 fully saturated rings. The molecule has 0 aliphatic carbocycles. The van der Waals surface area contributed by atoms with Crippen molar-refractivity contribution in [1.82, 2.24) is 9.78 Å². The van der Waals surface area contributed by atoms with Crippen molar-refractivity contribution in [2.24, 2.45) is 17.0 Å². The van der Waals surface area contributed by atoms with Crippen LogP contribution in [0, 0.1) is 11.8 Å². The number of hydrogen-bond donors (Lipinski definition) is 1. The van der Waals surface area contributed by atoms with Crippen LogP contribution < -0.4 is 4.74 Å². The summed E-state index contributed by atoms with van der Waals surface area (Å²) in [4.78, 5) is 16.9. The highest BCUT2D eigenvalue weighted by Crippen LogP contribution is 2.19. The smallest absolute Gasteiger partial charge is 0.312 e. The zero-order valence-corrected chi connectivity index (χ0v) is 21.1. The molecule has 7 nitrogen and oxygen atoms in total. The van der Waals surface area contributed by atoms with Gasteiger partial charge in [-0.3, -0.25) is 4.79 Å². The third-order valence-electron chi connectivity index (χ3n) is 5.46. The molecule has 0 amide bonds. The summed E-state index contributed by atoms with van der Waals surface area (Å²) in [7, 11) is 0. The van der Waals surface area contributed by atoms with E-state index in [0.717, 1.165) is 23.2 Å². The molecular formula is C28H35N3O4. The SMILES string of the molecule is C/C(=N\OC(C)C)C(Cc1ccc(OCc2cnn(-c3ccc(CC(C)C)cc3)c2)cc1)C(=O)O. The number of benzene rings is 2. The summed E-state index contributed by atoms with van der Waals surface area (Å²) in [5.41, 5.74) is 4.63. The summed E-state index contributed by atoms with van der Waals surface area (Å²) in [6.07, 6.45) is 5.06. The van der Waals surface area contributed by atoms with Crippen molar-refractivity contribution in [3.05, 3.63) is 77.6 Å². The first kappa shape index (κ1) is 26.0. The van der Waals surface area contributed by atoms with Crippen LogP contribution in [0.1, 0.15) is 51.3 Å². The van der Waals surface area contributed by atoms with Gasteiger partial charge < -0.3 is 14.7 Å². The number of hydrogen-bond acceptors (Lipinski definition) is 5. The minimum atomic E-state index is -0.925. The van der Waals surface area contributed by atoms with Gasteiger partial charge in [-0.1, -0.05) is 43.3 Å². The van der Waals surface area contributed by atoms with Crippen LogP contribution in [0.2, 0.25) is 0 Å². The number of oxime groups is 1. The monoisotopic (exact) mass is 477 g/mol. The fourth-order valence-corrected chi connectivity index (χ4v) is 3.62. The first-order valence-electron chi connectivity index (χ1n) is 12.0. The molecule has 2 aromatic carbocycles. The lowest BCUT2D eigenvalue weighted by atomic mass is 9.95. The Balaban J connectivity index is 1.56. The fraction of sp³-hybridized carbons (Fsp3) is 0.393. The molecule has 0 bridgehead atoms. The molecule has 0 saturated carbocycles. The normalized spacial score (nSPS) is 12.7. The maximum atomic E-state index is 11.7. The Bertz CT molecular complexity index is 1120. The molecule has 186 valence electrons. The van der Waals surface area contributed by atoms with E-state index in [1.807, 2.05) is 49.0 Å². The molecule has 0 aliphatic rings. The van der Waals surface area contributed by atoms with E-state index in [0.29, 0.717) is 30.4 Å². The van der Waals surface area contributed by atoms with E-state index in [1.54, 1.807) is 13.1 Å². The molecule has 7 heteroatoms. The van der Waals surface area contributed by atoms with Crippen LogP contribution in [0.3, 0.4) is 0 Å². The average Bonchev–Trinajstić information content (AvgIpc) is 3.29. The molecule has 3 rings (SSSR count). The third kappa shape index (κ3) is 7.98. The zero-order valence-electron chi connectivity index (χ0n) is 21.1. The first-order chi connectivity index (χ1) is 16.7. The lowest BCUT2D eigenvalue weighted by molar-refractivity contribution is -0.139. The predicted molar refractivity (Wildman–Crippen MR) is 137 cm³/mol. The average molecular weight is 478 g/mol. The highest BCUT2D eigenvalue weighted by atomic mass is 16.6. The molecule has 0 saturated heterocycles. The Hall–Kier alpha value is -3.61. The predicted octanol–water partition coefficient (Wildman–Crippen LogP) is 5.69. The molecule has 0 radical (unpaired) electrons. The van der Waals surface area contributed by atoms with E-state index in [2.05, 4.69) is 48.4 Å². The molecule has 1 atom stereocenters. The molecule has 0 spiro atoms. The number of carboxylic acid groups (broad SMARTS) is 1. The number of ether oxygens (including phenoxy) is 1. The summed E-state index contributed by atoms with van der Waals surface area (Å²) in [6.45, 7) is 10.2. The summed E-state index contributed by atoms with van der Waals surface area (Å²) < 4.78 is 7.76. The second kappa shape index (κ2) is 12.2. The van der Waals surface area contributed by atoms with E-state index < -0.39 is 11.9 Å². The van der Waals surface area contributed by atoms with Crippen molar-refractivity contribution in [1.29, 1.82) is 0 Å². The van der Waals surface area contributed by atoms with Gasteiger partial charge in [0.1, 0.15) is 24.4 Å². The minimum Gasteiger partial charge on any atom is -0.489 e. The lowest BCUT2D eigenvalue weighted by Crippen LogP contribution is -2.24. The quantitative estimate of drug-likeness (QED) is 0.267. The van der Waals surface area contributed by atoms with Gasteiger partial charge >= 0.3 is 5.97 Å². The maximum Gasteiger partial charge on any atom is 0.312 e. The number of aliphatic carboxylic acids is 1. The van der Waals surface area contributed by atoms with Gasteiger partial charge in [-0.2, -0.15) is 5.10 Å². The van der Waals surface area contributed by atoms with Crippen molar-refractivity contribution in [3.8, 4) is 11.4 Å². The van der Waals surface area contributed by atoms with Crippen molar-refractivity contribution in [2.45, 2.75) is 60.2 Å². The summed E-state index contributed by atoms with van der Waals surface area (Å²) in [6, 6.07) is 15.9. The van der Waals surface area contributed by atoms with Gasteiger partial charge in [0.05, 0.1) is 17.6 Å². The molecule has 1 N–H and O–H groups in total. The van der Waals surface area contributed by atoms with E-state index in [-0.39, 0.29) is 6.10 Å². The van der Waals surface area contributed by atoms with Crippen LogP contribution in [-0.4, -0.2) is 32.7 Å². The number of aromatic nitrogens is 2. The second-order valence-corrected chi connectivity index (χ2v) is 9.47. The van der Waals surface area contributed by atoms with Crippen LogP contribution in [0.4, 0.5) is 0 Å². The molecule has 1 unspecified atom stereocenters. The van der Waals surface area contributed by atoms with E-state index >= 15 is 0 Å². The van der Waals surface area contributed by atoms with Crippen LogP contribution in [0.25, 0.3) is 5.69 Å². The van der Waals surface area contributed by atoms with Crippen molar-refractivity contribution in [2.75, 3.05) is 0 Å². The highest BCUT2D eigenvalue weighted by molar-refractivity contribution is 6.00. The summed E-state index contributed by atoms with van der Waals surface area (Å²) in [5, 5.41) is 18.0. The Morgan fingerprint density at radius 2 is 1.60 bits per heavy atom. The van der Waals surface area contributed by atoms with Gasteiger partial charge in [-0.15, -0.1) is 0 Å².